The summed E-state index contributed by atoms with van der Waals surface area (Å²) in [6.07, 6.45) is -1.89. The van der Waals surface area contributed by atoms with Crippen LogP contribution in [0, 0.1) is 24.2 Å². The van der Waals surface area contributed by atoms with Gasteiger partial charge in [-0.25, -0.2) is 4.98 Å². The van der Waals surface area contributed by atoms with E-state index in [0.717, 1.165) is 22.3 Å². The van der Waals surface area contributed by atoms with Gasteiger partial charge in [0.2, 0.25) is 5.91 Å². The third kappa shape index (κ3) is 4.98. The summed E-state index contributed by atoms with van der Waals surface area (Å²) in [5.41, 5.74) is 2.40. The van der Waals surface area contributed by atoms with E-state index in [1.165, 1.54) is 12.1 Å². The second-order valence-corrected chi connectivity index (χ2v) is 10.5. The molecule has 1 saturated carbocycles. The number of imidazole rings is 1. The van der Waals surface area contributed by atoms with Gasteiger partial charge in [0.15, 0.2) is 0 Å². The zero-order valence-electron chi connectivity index (χ0n) is 21.2. The molecule has 0 radical (unpaired) electrons. The molecule has 1 fully saturated rings. The number of amides is 1. The molecule has 2 aromatic carbocycles. The lowest BCUT2D eigenvalue weighted by molar-refractivity contribution is -0.161. The number of alkyl halides is 3. The Bertz CT molecular complexity index is 1540. The van der Waals surface area contributed by atoms with Crippen LogP contribution in [-0.4, -0.2) is 33.6 Å². The van der Waals surface area contributed by atoms with Gasteiger partial charge in [-0.1, -0.05) is 26.0 Å². The Morgan fingerprint density at radius 2 is 1.95 bits per heavy atom. The number of carbonyl (C=O) groups is 1. The average molecular weight is 524 g/mol. The molecule has 1 aliphatic carbocycles. The maximum atomic E-state index is 14.3. The summed E-state index contributed by atoms with van der Waals surface area (Å²) >= 11 is 0. The van der Waals surface area contributed by atoms with E-state index < -0.39 is 29.7 Å². The number of rotatable bonds is 8. The number of aromatic amines is 1. The summed E-state index contributed by atoms with van der Waals surface area (Å²) in [5.74, 6) is -0.646. The molecule has 0 saturated heterocycles. The minimum absolute atomic E-state index is 0.0467. The molecule has 2 heterocycles. The summed E-state index contributed by atoms with van der Waals surface area (Å²) in [4.78, 5) is 20.3. The average Bonchev–Trinajstić information content (AvgIpc) is 3.34. The third-order valence-electron chi connectivity index (χ3n) is 6.98. The number of benzene rings is 2. The predicted molar refractivity (Wildman–Crippen MR) is 137 cm³/mol. The Balaban J connectivity index is 1.49. The zero-order valence-corrected chi connectivity index (χ0v) is 21.2. The molecule has 10 heteroatoms. The number of hydrogen-bond acceptors (Lipinski definition) is 5. The Morgan fingerprint density at radius 1 is 1.18 bits per heavy atom. The first-order valence-corrected chi connectivity index (χ1v) is 12.5. The highest BCUT2D eigenvalue weighted by Crippen LogP contribution is 2.39. The van der Waals surface area contributed by atoms with Crippen molar-refractivity contribution in [2.75, 3.05) is 0 Å². The van der Waals surface area contributed by atoms with Gasteiger partial charge in [-0.05, 0) is 61.9 Å². The number of nitrogens with one attached hydrogen (secondary N) is 3. The lowest BCUT2D eigenvalue weighted by Crippen LogP contribution is -2.52. The number of carbonyl (C=O) groups excluding carboxylic acids is 1. The van der Waals surface area contributed by atoms with E-state index in [2.05, 4.69) is 26.7 Å². The van der Waals surface area contributed by atoms with E-state index in [-0.39, 0.29) is 17.9 Å². The van der Waals surface area contributed by atoms with E-state index in [9.17, 15) is 23.2 Å². The summed E-state index contributed by atoms with van der Waals surface area (Å²) < 4.78 is 49.0. The van der Waals surface area contributed by atoms with Crippen LogP contribution in [-0.2, 0) is 4.79 Å². The Kier molecular flexibility index (Phi) is 6.43. The van der Waals surface area contributed by atoms with Crippen LogP contribution >= 0.6 is 0 Å². The number of furan rings is 1. The van der Waals surface area contributed by atoms with Gasteiger partial charge in [0.1, 0.15) is 22.7 Å². The van der Waals surface area contributed by atoms with Crippen LogP contribution in [0.3, 0.4) is 0 Å². The fraction of sp³-hybridized carbons (Fsp3) is 0.393. The van der Waals surface area contributed by atoms with Crippen molar-refractivity contribution >= 4 is 27.8 Å². The molecule has 2 atom stereocenters. The normalized spacial score (nSPS) is 16.5. The van der Waals surface area contributed by atoms with Gasteiger partial charge in [-0.15, -0.1) is 0 Å². The maximum Gasteiger partial charge on any atom is 0.407 e. The molecule has 5 rings (SSSR count). The van der Waals surface area contributed by atoms with Crippen molar-refractivity contribution in [2.45, 2.75) is 63.8 Å². The van der Waals surface area contributed by atoms with E-state index in [4.69, 9.17) is 4.42 Å². The van der Waals surface area contributed by atoms with Gasteiger partial charge >= 0.3 is 6.18 Å². The minimum atomic E-state index is -4.67. The van der Waals surface area contributed by atoms with Gasteiger partial charge < -0.3 is 14.7 Å². The van der Waals surface area contributed by atoms with Crippen molar-refractivity contribution in [3.8, 4) is 17.3 Å². The van der Waals surface area contributed by atoms with Crippen molar-refractivity contribution in [2.24, 2.45) is 5.92 Å². The van der Waals surface area contributed by atoms with Crippen molar-refractivity contribution in [3.05, 3.63) is 54.0 Å². The number of aryl methyl sites for hydroxylation is 1. The smallest absolute Gasteiger partial charge is 0.407 e. The van der Waals surface area contributed by atoms with Crippen LogP contribution < -0.4 is 10.6 Å². The number of halogens is 3. The van der Waals surface area contributed by atoms with Gasteiger partial charge in [0.05, 0.1) is 24.1 Å². The first kappa shape index (κ1) is 25.8. The number of H-pyrrole nitrogens is 1. The fourth-order valence-corrected chi connectivity index (χ4v) is 4.79. The van der Waals surface area contributed by atoms with Crippen LogP contribution in [0.15, 0.2) is 47.1 Å². The van der Waals surface area contributed by atoms with Crippen LogP contribution in [0.1, 0.15) is 50.4 Å². The first-order valence-electron chi connectivity index (χ1n) is 12.5. The molecule has 0 bridgehead atoms. The molecule has 0 aliphatic heterocycles. The van der Waals surface area contributed by atoms with Crippen LogP contribution in [0.2, 0.25) is 0 Å². The van der Waals surface area contributed by atoms with Crippen LogP contribution in [0.4, 0.5) is 13.2 Å². The molecule has 2 aromatic heterocycles. The quantitative estimate of drug-likeness (QED) is 0.260. The highest BCUT2D eigenvalue weighted by Gasteiger charge is 2.47. The summed E-state index contributed by atoms with van der Waals surface area (Å²) in [6.45, 7) is 5.58. The molecule has 0 spiro atoms. The largest absolute Gasteiger partial charge is 0.456 e. The van der Waals surface area contributed by atoms with Crippen LogP contribution in [0.5, 0.6) is 0 Å². The standard InChI is InChI=1S/C28H28F3N5O2/c1-15(2)10-21(26(37)36-27(13-32)8-9-27)35-25(28(29,30)31)18-4-6-19-20-11-17(24-16(3)33-14-34-24)5-7-22(20)38-23(19)12-18/h4-7,11-12,14-15,21,25,35H,8-10H2,1-3H3,(H,33,34)(H,36,37). The molecule has 2 unspecified atom stereocenters. The minimum Gasteiger partial charge on any atom is -0.456 e. The van der Waals surface area contributed by atoms with Crippen LogP contribution in [0.25, 0.3) is 33.2 Å². The maximum absolute atomic E-state index is 14.3. The van der Waals surface area contributed by atoms with Gasteiger partial charge in [-0.2, -0.15) is 18.4 Å². The Morgan fingerprint density at radius 3 is 2.55 bits per heavy atom. The second-order valence-electron chi connectivity index (χ2n) is 10.5. The van der Waals surface area contributed by atoms with E-state index >= 15 is 0 Å². The Hall–Kier alpha value is -3.84. The SMILES string of the molecule is Cc1[nH]cnc1-c1ccc2oc3cc(C(NC(CC(C)C)C(=O)NC4(C#N)CC4)C(F)(F)F)ccc3c2c1. The van der Waals surface area contributed by atoms with Crippen molar-refractivity contribution in [3.63, 3.8) is 0 Å². The number of hydrogen-bond donors (Lipinski definition) is 3. The fourth-order valence-electron chi connectivity index (χ4n) is 4.79. The molecule has 1 aliphatic rings. The highest BCUT2D eigenvalue weighted by molar-refractivity contribution is 6.06. The van der Waals surface area contributed by atoms with E-state index in [1.54, 1.807) is 18.5 Å². The zero-order chi connectivity index (χ0) is 27.2. The molecule has 4 aromatic rings. The van der Waals surface area contributed by atoms with Crippen molar-refractivity contribution < 1.29 is 22.4 Å². The molecular formula is C28H28F3N5O2. The molecule has 198 valence electrons. The number of nitriles is 1. The predicted octanol–water partition coefficient (Wildman–Crippen LogP) is 6.06. The number of nitrogens with zero attached hydrogens (tertiary/aromatic N) is 2. The van der Waals surface area contributed by atoms with Gasteiger partial charge in [0.25, 0.3) is 0 Å². The molecular weight excluding hydrogens is 495 g/mol. The van der Waals surface area contributed by atoms with Crippen molar-refractivity contribution in [1.29, 1.82) is 5.26 Å². The molecule has 1 amide bonds. The van der Waals surface area contributed by atoms with Crippen molar-refractivity contribution in [1.82, 2.24) is 20.6 Å². The lowest BCUT2D eigenvalue weighted by Gasteiger charge is -2.29. The van der Waals surface area contributed by atoms with E-state index in [1.807, 2.05) is 32.9 Å². The summed E-state index contributed by atoms with van der Waals surface area (Å²) in [6, 6.07) is 8.79. The molecule has 38 heavy (non-hydrogen) atoms. The topological polar surface area (TPSA) is 107 Å². The lowest BCUT2D eigenvalue weighted by atomic mass is 9.98. The van der Waals surface area contributed by atoms with Gasteiger partial charge in [-0.3, -0.25) is 10.1 Å². The highest BCUT2D eigenvalue weighted by atomic mass is 19.4. The monoisotopic (exact) mass is 523 g/mol. The second kappa shape index (κ2) is 9.48. The number of aromatic nitrogens is 2. The Labute approximate surface area is 217 Å². The third-order valence-corrected chi connectivity index (χ3v) is 6.98. The molecule has 7 nitrogen and oxygen atoms in total. The van der Waals surface area contributed by atoms with Gasteiger partial charge in [0, 0.05) is 22.0 Å². The van der Waals surface area contributed by atoms with E-state index in [0.29, 0.717) is 29.4 Å². The number of fused-ring (bicyclic) bond motifs is 3. The first-order chi connectivity index (χ1) is 18.0. The molecule has 3 N–H and O–H groups in total. The summed E-state index contributed by atoms with van der Waals surface area (Å²) in [5, 5.41) is 16.0. The summed E-state index contributed by atoms with van der Waals surface area (Å²) in [7, 11) is 0.